The van der Waals surface area contributed by atoms with Gasteiger partial charge in [0.15, 0.2) is 0 Å². The molecule has 0 atom stereocenters. The van der Waals surface area contributed by atoms with E-state index < -0.39 is 5.97 Å². The quantitative estimate of drug-likeness (QED) is 0.735. The van der Waals surface area contributed by atoms with Gasteiger partial charge >= 0.3 is 5.97 Å². The highest BCUT2D eigenvalue weighted by Crippen LogP contribution is 2.21. The lowest BCUT2D eigenvalue weighted by atomic mass is 10.1. The molecule has 0 bridgehead atoms. The summed E-state index contributed by atoms with van der Waals surface area (Å²) in [6, 6.07) is 14.8. The van der Waals surface area contributed by atoms with Gasteiger partial charge in [0, 0.05) is 26.7 Å². The molecule has 0 fully saturated rings. The van der Waals surface area contributed by atoms with E-state index in [-0.39, 0.29) is 12.2 Å². The predicted molar refractivity (Wildman–Crippen MR) is 88.9 cm³/mol. The number of halogens is 1. The third-order valence-electron chi connectivity index (χ3n) is 3.53. The highest BCUT2D eigenvalue weighted by atomic mass is 19.1. The first-order valence-corrected chi connectivity index (χ1v) is 7.52. The van der Waals surface area contributed by atoms with Crippen molar-refractivity contribution < 1.29 is 14.3 Å². The van der Waals surface area contributed by atoms with Crippen LogP contribution in [0.1, 0.15) is 17.5 Å². The molecule has 0 saturated heterocycles. The van der Waals surface area contributed by atoms with E-state index in [1.165, 1.54) is 6.07 Å². The molecule has 23 heavy (non-hydrogen) atoms. The molecule has 2 aromatic rings. The summed E-state index contributed by atoms with van der Waals surface area (Å²) in [7, 11) is 1.85. The predicted octanol–water partition coefficient (Wildman–Crippen LogP) is 3.03. The van der Waals surface area contributed by atoms with E-state index in [0.29, 0.717) is 25.3 Å². The van der Waals surface area contributed by atoms with Gasteiger partial charge in [-0.1, -0.05) is 36.4 Å². The van der Waals surface area contributed by atoms with E-state index in [0.717, 1.165) is 11.1 Å². The van der Waals surface area contributed by atoms with E-state index in [1.54, 1.807) is 12.1 Å². The molecule has 5 heteroatoms. The molecule has 2 rings (SSSR count). The summed E-state index contributed by atoms with van der Waals surface area (Å²) in [5.41, 5.74) is 2.57. The van der Waals surface area contributed by atoms with Crippen molar-refractivity contribution >= 4 is 11.7 Å². The molecule has 0 saturated carbocycles. The summed E-state index contributed by atoms with van der Waals surface area (Å²) in [4.78, 5) is 12.3. The van der Waals surface area contributed by atoms with Crippen LogP contribution in [-0.2, 0) is 17.9 Å². The number of nitrogens with zero attached hydrogens (tertiary/aromatic N) is 1. The van der Waals surface area contributed by atoms with Crippen molar-refractivity contribution in [2.45, 2.75) is 19.5 Å². The molecule has 2 aromatic carbocycles. The lowest BCUT2D eigenvalue weighted by Gasteiger charge is -2.21. The molecule has 0 radical (unpaired) electrons. The van der Waals surface area contributed by atoms with Crippen molar-refractivity contribution in [3.63, 3.8) is 0 Å². The Morgan fingerprint density at radius 3 is 2.61 bits per heavy atom. The second kappa shape index (κ2) is 8.29. The van der Waals surface area contributed by atoms with Gasteiger partial charge in [-0.25, -0.2) is 4.39 Å². The van der Waals surface area contributed by atoms with Crippen LogP contribution >= 0.6 is 0 Å². The van der Waals surface area contributed by atoms with Gasteiger partial charge in [0.1, 0.15) is 5.82 Å². The maximum Gasteiger partial charge on any atom is 0.304 e. The molecular formula is C18H21FN2O2. The Bertz CT molecular complexity index is 647. The highest BCUT2D eigenvalue weighted by molar-refractivity contribution is 5.66. The molecular weight excluding hydrogens is 295 g/mol. The first-order chi connectivity index (χ1) is 11.1. The third kappa shape index (κ3) is 5.38. The van der Waals surface area contributed by atoms with Crippen LogP contribution in [-0.4, -0.2) is 24.7 Å². The topological polar surface area (TPSA) is 52.6 Å². The molecule has 0 aromatic heterocycles. The van der Waals surface area contributed by atoms with Gasteiger partial charge in [0.2, 0.25) is 0 Å². The van der Waals surface area contributed by atoms with Gasteiger partial charge in [0.05, 0.1) is 12.1 Å². The number of carboxylic acid groups (broad SMARTS) is 1. The fraction of sp³-hybridized carbons (Fsp3) is 0.278. The van der Waals surface area contributed by atoms with Gasteiger partial charge in [0.25, 0.3) is 0 Å². The maximum atomic E-state index is 14.1. The van der Waals surface area contributed by atoms with Gasteiger partial charge in [-0.2, -0.15) is 0 Å². The van der Waals surface area contributed by atoms with E-state index >= 15 is 0 Å². The Hall–Kier alpha value is -2.40. The second-order valence-electron chi connectivity index (χ2n) is 5.45. The lowest BCUT2D eigenvalue weighted by Crippen LogP contribution is -2.20. The van der Waals surface area contributed by atoms with Crippen molar-refractivity contribution in [1.82, 2.24) is 5.32 Å². The first-order valence-electron chi connectivity index (χ1n) is 7.52. The van der Waals surface area contributed by atoms with Crippen LogP contribution in [0, 0.1) is 5.82 Å². The Balaban J connectivity index is 2.00. The van der Waals surface area contributed by atoms with E-state index in [1.807, 2.05) is 42.3 Å². The minimum absolute atomic E-state index is 0.0714. The van der Waals surface area contributed by atoms with Crippen molar-refractivity contribution in [2.24, 2.45) is 0 Å². The van der Waals surface area contributed by atoms with Crippen LogP contribution < -0.4 is 10.2 Å². The molecule has 0 amide bonds. The number of hydrogen-bond acceptors (Lipinski definition) is 3. The molecule has 4 nitrogen and oxygen atoms in total. The zero-order valence-corrected chi connectivity index (χ0v) is 13.1. The Labute approximate surface area is 135 Å². The van der Waals surface area contributed by atoms with Crippen molar-refractivity contribution in [1.29, 1.82) is 0 Å². The fourth-order valence-electron chi connectivity index (χ4n) is 2.33. The molecule has 0 spiro atoms. The van der Waals surface area contributed by atoms with E-state index in [2.05, 4.69) is 5.32 Å². The van der Waals surface area contributed by atoms with Crippen LogP contribution in [0.5, 0.6) is 0 Å². The molecule has 122 valence electrons. The monoisotopic (exact) mass is 316 g/mol. The molecule has 0 aliphatic heterocycles. The summed E-state index contributed by atoms with van der Waals surface area (Å²) in [5, 5.41) is 11.7. The van der Waals surface area contributed by atoms with Crippen LogP contribution in [0.2, 0.25) is 0 Å². The van der Waals surface area contributed by atoms with Gasteiger partial charge in [-0.15, -0.1) is 0 Å². The summed E-state index contributed by atoms with van der Waals surface area (Å²) in [6.45, 7) is 1.52. The standard InChI is InChI=1S/C18H21FN2O2/c1-21(13-14-5-3-2-4-6-14)17-11-15(7-8-16(17)19)12-20-10-9-18(22)23/h2-8,11,20H,9-10,12-13H2,1H3,(H,22,23). The number of anilines is 1. The summed E-state index contributed by atoms with van der Waals surface area (Å²) in [5.74, 6) is -1.10. The average molecular weight is 316 g/mol. The van der Waals surface area contributed by atoms with E-state index in [4.69, 9.17) is 5.11 Å². The highest BCUT2D eigenvalue weighted by Gasteiger charge is 2.09. The molecule has 2 N–H and O–H groups in total. The number of benzene rings is 2. The number of nitrogens with one attached hydrogen (secondary N) is 1. The van der Waals surface area contributed by atoms with E-state index in [9.17, 15) is 9.18 Å². The molecule has 0 unspecified atom stereocenters. The number of carbonyl (C=O) groups is 1. The summed E-state index contributed by atoms with van der Waals surface area (Å²) in [6.07, 6.45) is 0.0714. The molecule has 0 aliphatic carbocycles. The zero-order valence-electron chi connectivity index (χ0n) is 13.1. The Morgan fingerprint density at radius 1 is 1.17 bits per heavy atom. The lowest BCUT2D eigenvalue weighted by molar-refractivity contribution is -0.136. The summed E-state index contributed by atoms with van der Waals surface area (Å²) >= 11 is 0. The van der Waals surface area contributed by atoms with Crippen molar-refractivity contribution in [2.75, 3.05) is 18.5 Å². The second-order valence-corrected chi connectivity index (χ2v) is 5.45. The third-order valence-corrected chi connectivity index (χ3v) is 3.53. The van der Waals surface area contributed by atoms with Crippen molar-refractivity contribution in [3.8, 4) is 0 Å². The minimum atomic E-state index is -0.833. The number of rotatable bonds is 8. The van der Waals surface area contributed by atoms with Gasteiger partial charge in [-0.05, 0) is 23.3 Å². The smallest absolute Gasteiger partial charge is 0.304 e. The Morgan fingerprint density at radius 2 is 1.91 bits per heavy atom. The summed E-state index contributed by atoms with van der Waals surface area (Å²) < 4.78 is 14.1. The Kier molecular flexibility index (Phi) is 6.11. The largest absolute Gasteiger partial charge is 0.481 e. The van der Waals surface area contributed by atoms with Gasteiger partial charge in [-0.3, -0.25) is 4.79 Å². The van der Waals surface area contributed by atoms with Crippen molar-refractivity contribution in [3.05, 3.63) is 65.5 Å². The number of hydrogen-bond donors (Lipinski definition) is 2. The minimum Gasteiger partial charge on any atom is -0.481 e. The van der Waals surface area contributed by atoms with Gasteiger partial charge < -0.3 is 15.3 Å². The number of aliphatic carboxylic acids is 1. The first kappa shape index (κ1) is 17.0. The SMILES string of the molecule is CN(Cc1ccccc1)c1cc(CNCCC(=O)O)ccc1F. The van der Waals surface area contributed by atoms with Crippen LogP contribution in [0.4, 0.5) is 10.1 Å². The molecule has 0 heterocycles. The zero-order chi connectivity index (χ0) is 16.7. The van der Waals surface area contributed by atoms with Crippen LogP contribution in [0.15, 0.2) is 48.5 Å². The fourth-order valence-corrected chi connectivity index (χ4v) is 2.33. The average Bonchev–Trinajstić information content (AvgIpc) is 2.53. The van der Waals surface area contributed by atoms with Crippen LogP contribution in [0.25, 0.3) is 0 Å². The molecule has 0 aliphatic rings. The number of carboxylic acids is 1. The normalized spacial score (nSPS) is 10.5. The van der Waals surface area contributed by atoms with Crippen LogP contribution in [0.3, 0.4) is 0 Å². The maximum absolute atomic E-state index is 14.1.